The summed E-state index contributed by atoms with van der Waals surface area (Å²) in [5, 5.41) is 11.1. The quantitative estimate of drug-likeness (QED) is 0.682. The van der Waals surface area contributed by atoms with Crippen molar-refractivity contribution in [2.45, 2.75) is 26.9 Å². The molecule has 0 aliphatic carbocycles. The van der Waals surface area contributed by atoms with Crippen LogP contribution in [0.1, 0.15) is 18.3 Å². The predicted octanol–water partition coefficient (Wildman–Crippen LogP) is 0.326. The van der Waals surface area contributed by atoms with Crippen LogP contribution in [-0.4, -0.2) is 22.0 Å². The maximum atomic E-state index is 4.03. The minimum Gasteiger partial charge on any atom is -0.314 e. The number of aromatic nitrogens is 3. The van der Waals surface area contributed by atoms with Gasteiger partial charge in [0.2, 0.25) is 0 Å². The summed E-state index contributed by atoms with van der Waals surface area (Å²) in [5.74, 6) is 0. The Morgan fingerprint density at radius 2 is 2.27 bits per heavy atom. The van der Waals surface area contributed by atoms with Gasteiger partial charge in [-0.25, -0.2) is 4.68 Å². The van der Waals surface area contributed by atoms with E-state index in [1.807, 2.05) is 18.7 Å². The van der Waals surface area contributed by atoms with Gasteiger partial charge >= 0.3 is 0 Å². The molecule has 0 radical (unpaired) electrons. The van der Waals surface area contributed by atoms with Gasteiger partial charge in [-0.1, -0.05) is 5.21 Å². The number of nitrogens with one attached hydrogen (secondary N) is 1. The van der Waals surface area contributed by atoms with Crippen LogP contribution in [0, 0.1) is 6.92 Å². The van der Waals surface area contributed by atoms with Gasteiger partial charge in [0, 0.05) is 13.1 Å². The monoisotopic (exact) mass is 154 g/mol. The van der Waals surface area contributed by atoms with Gasteiger partial charge in [-0.15, -0.1) is 5.10 Å². The molecule has 0 unspecified atom stereocenters. The fraction of sp³-hybridized carbons (Fsp3) is 0.714. The average molecular weight is 154 g/mol. The van der Waals surface area contributed by atoms with E-state index < -0.39 is 0 Å². The van der Waals surface area contributed by atoms with Gasteiger partial charge in [-0.3, -0.25) is 0 Å². The highest BCUT2D eigenvalue weighted by Crippen LogP contribution is 2.01. The van der Waals surface area contributed by atoms with E-state index in [1.54, 1.807) is 0 Å². The van der Waals surface area contributed by atoms with E-state index in [9.17, 15) is 0 Å². The van der Waals surface area contributed by atoms with Crippen LogP contribution < -0.4 is 5.32 Å². The molecule has 0 saturated carbocycles. The second-order valence-corrected chi connectivity index (χ2v) is 2.47. The molecule has 1 heterocycles. The van der Waals surface area contributed by atoms with Crippen molar-refractivity contribution in [1.29, 1.82) is 0 Å². The summed E-state index contributed by atoms with van der Waals surface area (Å²) in [6.07, 6.45) is 0. The van der Waals surface area contributed by atoms with E-state index in [-0.39, 0.29) is 0 Å². The van der Waals surface area contributed by atoms with Crippen molar-refractivity contribution in [2.24, 2.45) is 0 Å². The molecule has 11 heavy (non-hydrogen) atoms. The molecular weight excluding hydrogens is 140 g/mol. The Hall–Kier alpha value is -0.900. The zero-order valence-electron chi connectivity index (χ0n) is 7.26. The molecular formula is C7H14N4. The number of aryl methyl sites for hydroxylation is 1. The Morgan fingerprint density at radius 3 is 2.73 bits per heavy atom. The van der Waals surface area contributed by atoms with Crippen LogP contribution in [0.2, 0.25) is 0 Å². The van der Waals surface area contributed by atoms with Crippen molar-refractivity contribution in [2.75, 3.05) is 7.05 Å². The van der Waals surface area contributed by atoms with Crippen molar-refractivity contribution in [3.63, 3.8) is 0 Å². The first-order valence-corrected chi connectivity index (χ1v) is 3.83. The molecule has 1 aromatic heterocycles. The minimum atomic E-state index is 0.797. The Labute approximate surface area is 66.6 Å². The van der Waals surface area contributed by atoms with Crippen LogP contribution in [-0.2, 0) is 13.1 Å². The van der Waals surface area contributed by atoms with E-state index in [1.165, 1.54) is 0 Å². The molecule has 0 aliphatic rings. The first kappa shape index (κ1) is 8.20. The van der Waals surface area contributed by atoms with Crippen LogP contribution >= 0.6 is 0 Å². The lowest BCUT2D eigenvalue weighted by molar-refractivity contribution is 0.611. The highest BCUT2D eigenvalue weighted by atomic mass is 15.4. The highest BCUT2D eigenvalue weighted by Gasteiger charge is 2.04. The maximum absolute atomic E-state index is 4.03. The summed E-state index contributed by atoms with van der Waals surface area (Å²) in [5.41, 5.74) is 2.19. The molecule has 1 N–H and O–H groups in total. The smallest absolute Gasteiger partial charge is 0.0993 e. The number of rotatable bonds is 3. The largest absolute Gasteiger partial charge is 0.314 e. The van der Waals surface area contributed by atoms with Crippen LogP contribution in [0.25, 0.3) is 0 Å². The Kier molecular flexibility index (Phi) is 2.59. The van der Waals surface area contributed by atoms with Crippen molar-refractivity contribution in [3.8, 4) is 0 Å². The zero-order chi connectivity index (χ0) is 8.27. The SMILES string of the molecule is CCn1nnc(CNC)c1C. The number of hydrogen-bond acceptors (Lipinski definition) is 3. The van der Waals surface area contributed by atoms with Crippen LogP contribution in [0.5, 0.6) is 0 Å². The van der Waals surface area contributed by atoms with Gasteiger partial charge in [-0.05, 0) is 20.9 Å². The standard InChI is InChI=1S/C7H14N4/c1-4-11-6(2)7(5-8-3)9-10-11/h8H,4-5H2,1-3H3. The summed E-state index contributed by atoms with van der Waals surface area (Å²) in [7, 11) is 1.91. The van der Waals surface area contributed by atoms with E-state index in [0.717, 1.165) is 24.5 Å². The molecule has 0 saturated heterocycles. The highest BCUT2D eigenvalue weighted by molar-refractivity contribution is 5.06. The average Bonchev–Trinajstić information content (AvgIpc) is 2.34. The topological polar surface area (TPSA) is 42.7 Å². The van der Waals surface area contributed by atoms with Gasteiger partial charge in [0.25, 0.3) is 0 Å². The molecule has 1 rings (SSSR count). The van der Waals surface area contributed by atoms with E-state index in [4.69, 9.17) is 0 Å². The van der Waals surface area contributed by atoms with E-state index in [2.05, 4.69) is 22.6 Å². The molecule has 0 atom stereocenters. The van der Waals surface area contributed by atoms with Gasteiger partial charge < -0.3 is 5.32 Å². The van der Waals surface area contributed by atoms with E-state index >= 15 is 0 Å². The Morgan fingerprint density at radius 1 is 1.55 bits per heavy atom. The zero-order valence-corrected chi connectivity index (χ0v) is 7.26. The molecule has 0 spiro atoms. The summed E-state index contributed by atoms with van der Waals surface area (Å²) in [4.78, 5) is 0. The summed E-state index contributed by atoms with van der Waals surface area (Å²) < 4.78 is 1.90. The van der Waals surface area contributed by atoms with Gasteiger partial charge in [-0.2, -0.15) is 0 Å². The fourth-order valence-corrected chi connectivity index (χ4v) is 1.03. The molecule has 1 aromatic rings. The lowest BCUT2D eigenvalue weighted by atomic mass is 10.3. The lowest BCUT2D eigenvalue weighted by Crippen LogP contribution is -2.07. The lowest BCUT2D eigenvalue weighted by Gasteiger charge is -1.97. The molecule has 0 bridgehead atoms. The third kappa shape index (κ3) is 1.57. The molecule has 0 amide bonds. The van der Waals surface area contributed by atoms with Crippen molar-refractivity contribution in [3.05, 3.63) is 11.4 Å². The second kappa shape index (κ2) is 3.48. The number of hydrogen-bond donors (Lipinski definition) is 1. The fourth-order valence-electron chi connectivity index (χ4n) is 1.03. The van der Waals surface area contributed by atoms with Crippen molar-refractivity contribution < 1.29 is 0 Å². The first-order valence-electron chi connectivity index (χ1n) is 3.83. The third-order valence-electron chi connectivity index (χ3n) is 1.72. The molecule has 0 aromatic carbocycles. The molecule has 0 aliphatic heterocycles. The van der Waals surface area contributed by atoms with Crippen molar-refractivity contribution >= 4 is 0 Å². The Balaban J connectivity index is 2.82. The normalized spacial score (nSPS) is 10.5. The van der Waals surface area contributed by atoms with Crippen LogP contribution in [0.15, 0.2) is 0 Å². The van der Waals surface area contributed by atoms with Gasteiger partial charge in [0.05, 0.1) is 11.4 Å². The predicted molar refractivity (Wildman–Crippen MR) is 43.2 cm³/mol. The molecule has 4 nitrogen and oxygen atoms in total. The minimum absolute atomic E-state index is 0.797. The van der Waals surface area contributed by atoms with Gasteiger partial charge in [0.15, 0.2) is 0 Å². The van der Waals surface area contributed by atoms with Gasteiger partial charge in [0.1, 0.15) is 0 Å². The second-order valence-electron chi connectivity index (χ2n) is 2.47. The van der Waals surface area contributed by atoms with Crippen LogP contribution in [0.3, 0.4) is 0 Å². The van der Waals surface area contributed by atoms with E-state index in [0.29, 0.717) is 0 Å². The molecule has 62 valence electrons. The first-order chi connectivity index (χ1) is 5.29. The maximum Gasteiger partial charge on any atom is 0.0993 e. The van der Waals surface area contributed by atoms with Crippen molar-refractivity contribution in [1.82, 2.24) is 20.3 Å². The number of nitrogens with zero attached hydrogens (tertiary/aromatic N) is 3. The van der Waals surface area contributed by atoms with Crippen LogP contribution in [0.4, 0.5) is 0 Å². The molecule has 4 heteroatoms. The summed E-state index contributed by atoms with van der Waals surface area (Å²) >= 11 is 0. The third-order valence-corrected chi connectivity index (χ3v) is 1.72. The molecule has 0 fully saturated rings. The summed E-state index contributed by atoms with van der Waals surface area (Å²) in [6.45, 7) is 5.79. The summed E-state index contributed by atoms with van der Waals surface area (Å²) in [6, 6.07) is 0. The Bertz CT molecular complexity index is 228.